The van der Waals surface area contributed by atoms with Gasteiger partial charge in [0.05, 0.1) is 5.92 Å². The summed E-state index contributed by atoms with van der Waals surface area (Å²) < 4.78 is 0. The van der Waals surface area contributed by atoms with Crippen molar-refractivity contribution in [2.75, 3.05) is 0 Å². The van der Waals surface area contributed by atoms with Gasteiger partial charge in [-0.1, -0.05) is 36.7 Å². The van der Waals surface area contributed by atoms with E-state index in [1.807, 2.05) is 29.8 Å². The predicted octanol–water partition coefficient (Wildman–Crippen LogP) is 4.37. The molecule has 4 heteroatoms. The number of aliphatic carboxylic acids is 1. The summed E-state index contributed by atoms with van der Waals surface area (Å²) in [7, 11) is 0. The van der Waals surface area contributed by atoms with Crippen LogP contribution in [0.4, 0.5) is 0 Å². The summed E-state index contributed by atoms with van der Waals surface area (Å²) in [4.78, 5) is 11.5. The fraction of sp³-hybridized carbons (Fsp3) is 0.214. The fourth-order valence-corrected chi connectivity index (χ4v) is 3.09. The molecule has 0 fully saturated rings. The average Bonchev–Trinajstić information content (AvgIpc) is 2.85. The van der Waals surface area contributed by atoms with Gasteiger partial charge in [-0.2, -0.15) is 11.3 Å². The molecule has 2 atom stereocenters. The number of carboxylic acids is 1. The Labute approximate surface area is 115 Å². The molecule has 0 aliphatic carbocycles. The maximum absolute atomic E-state index is 11.5. The minimum absolute atomic E-state index is 0.103. The van der Waals surface area contributed by atoms with Crippen LogP contribution in [-0.2, 0) is 4.79 Å². The second-order valence-corrected chi connectivity index (χ2v) is 5.37. The third-order valence-corrected chi connectivity index (χ3v) is 4.12. The minimum atomic E-state index is -0.846. The molecule has 0 spiro atoms. The molecule has 0 saturated heterocycles. The summed E-state index contributed by atoms with van der Waals surface area (Å²) in [5, 5.41) is 13.9. The van der Waals surface area contributed by atoms with E-state index in [0.29, 0.717) is 10.6 Å². The molecule has 0 aliphatic heterocycles. The standard InChI is InChI=1S/C14H13ClO2S/c1-9(10-6-7-18-8-10)13(14(16)17)11-4-2-3-5-12(11)15/h2-9,13H,1H3,(H,16,17). The Bertz CT molecular complexity index is 536. The Morgan fingerprint density at radius 1 is 1.33 bits per heavy atom. The molecule has 2 aromatic rings. The lowest BCUT2D eigenvalue weighted by molar-refractivity contribution is -0.139. The van der Waals surface area contributed by atoms with Crippen molar-refractivity contribution >= 4 is 28.9 Å². The highest BCUT2D eigenvalue weighted by molar-refractivity contribution is 7.08. The molecule has 1 aromatic heterocycles. The zero-order chi connectivity index (χ0) is 13.1. The molecule has 2 rings (SSSR count). The Morgan fingerprint density at radius 2 is 2.06 bits per heavy atom. The van der Waals surface area contributed by atoms with E-state index >= 15 is 0 Å². The first-order chi connectivity index (χ1) is 8.61. The molecule has 0 bridgehead atoms. The number of hydrogen-bond donors (Lipinski definition) is 1. The van der Waals surface area contributed by atoms with Crippen LogP contribution in [0.3, 0.4) is 0 Å². The van der Waals surface area contributed by atoms with Crippen LogP contribution in [0.15, 0.2) is 41.1 Å². The van der Waals surface area contributed by atoms with Crippen molar-refractivity contribution in [2.24, 2.45) is 0 Å². The zero-order valence-electron chi connectivity index (χ0n) is 9.84. The van der Waals surface area contributed by atoms with E-state index in [9.17, 15) is 9.90 Å². The lowest BCUT2D eigenvalue weighted by atomic mass is 9.84. The Hall–Kier alpha value is -1.32. The highest BCUT2D eigenvalue weighted by Crippen LogP contribution is 2.37. The summed E-state index contributed by atoms with van der Waals surface area (Å²) in [6.45, 7) is 1.92. The van der Waals surface area contributed by atoms with Crippen molar-refractivity contribution in [3.63, 3.8) is 0 Å². The van der Waals surface area contributed by atoms with Crippen molar-refractivity contribution in [3.8, 4) is 0 Å². The normalized spacial score (nSPS) is 14.1. The van der Waals surface area contributed by atoms with Crippen molar-refractivity contribution in [3.05, 3.63) is 57.2 Å². The molecule has 0 amide bonds. The second kappa shape index (κ2) is 5.55. The largest absolute Gasteiger partial charge is 0.481 e. The zero-order valence-corrected chi connectivity index (χ0v) is 11.4. The third-order valence-electron chi connectivity index (χ3n) is 3.08. The van der Waals surface area contributed by atoms with Gasteiger partial charge in [0, 0.05) is 5.02 Å². The molecule has 0 aliphatic rings. The van der Waals surface area contributed by atoms with Gasteiger partial charge in [0.1, 0.15) is 0 Å². The van der Waals surface area contributed by atoms with Crippen molar-refractivity contribution in [2.45, 2.75) is 18.8 Å². The van der Waals surface area contributed by atoms with Crippen LogP contribution in [0.1, 0.15) is 29.9 Å². The van der Waals surface area contributed by atoms with Crippen LogP contribution in [0.25, 0.3) is 0 Å². The maximum Gasteiger partial charge on any atom is 0.311 e. The number of carbonyl (C=O) groups is 1. The molecule has 2 nitrogen and oxygen atoms in total. The van der Waals surface area contributed by atoms with Gasteiger partial charge in [-0.05, 0) is 39.9 Å². The van der Waals surface area contributed by atoms with Crippen LogP contribution < -0.4 is 0 Å². The van der Waals surface area contributed by atoms with Gasteiger partial charge in [-0.25, -0.2) is 0 Å². The Kier molecular flexibility index (Phi) is 4.04. The lowest BCUT2D eigenvalue weighted by Crippen LogP contribution is -2.18. The second-order valence-electron chi connectivity index (χ2n) is 4.18. The maximum atomic E-state index is 11.5. The van der Waals surface area contributed by atoms with Crippen LogP contribution in [0.2, 0.25) is 5.02 Å². The molecular formula is C14H13ClO2S. The van der Waals surface area contributed by atoms with E-state index in [-0.39, 0.29) is 5.92 Å². The first-order valence-corrected chi connectivity index (χ1v) is 6.92. The average molecular weight is 281 g/mol. The number of thiophene rings is 1. The molecular weight excluding hydrogens is 268 g/mol. The van der Waals surface area contributed by atoms with Crippen LogP contribution in [0, 0.1) is 0 Å². The fourth-order valence-electron chi connectivity index (χ4n) is 2.07. The van der Waals surface area contributed by atoms with Gasteiger partial charge in [-0.3, -0.25) is 4.79 Å². The highest BCUT2D eigenvalue weighted by atomic mass is 35.5. The van der Waals surface area contributed by atoms with Crippen LogP contribution in [-0.4, -0.2) is 11.1 Å². The van der Waals surface area contributed by atoms with Crippen molar-refractivity contribution < 1.29 is 9.90 Å². The van der Waals surface area contributed by atoms with Gasteiger partial charge in [0.25, 0.3) is 0 Å². The number of benzene rings is 1. The van der Waals surface area contributed by atoms with Gasteiger partial charge >= 0.3 is 5.97 Å². The van der Waals surface area contributed by atoms with Gasteiger partial charge in [0.15, 0.2) is 0 Å². The summed E-state index contributed by atoms with van der Waals surface area (Å²) in [6, 6.07) is 9.09. The number of halogens is 1. The molecule has 1 heterocycles. The molecule has 2 unspecified atom stereocenters. The van der Waals surface area contributed by atoms with Gasteiger partial charge < -0.3 is 5.11 Å². The van der Waals surface area contributed by atoms with E-state index in [1.54, 1.807) is 29.5 Å². The number of hydrogen-bond acceptors (Lipinski definition) is 2. The summed E-state index contributed by atoms with van der Waals surface area (Å²) in [5.41, 5.74) is 1.71. The molecule has 94 valence electrons. The number of rotatable bonds is 4. The molecule has 0 saturated carbocycles. The van der Waals surface area contributed by atoms with Crippen LogP contribution >= 0.6 is 22.9 Å². The van der Waals surface area contributed by atoms with Crippen molar-refractivity contribution in [1.29, 1.82) is 0 Å². The minimum Gasteiger partial charge on any atom is -0.481 e. The quantitative estimate of drug-likeness (QED) is 0.903. The Balaban J connectivity index is 2.41. The summed E-state index contributed by atoms with van der Waals surface area (Å²) in [6.07, 6.45) is 0. The molecule has 18 heavy (non-hydrogen) atoms. The molecule has 1 N–H and O–H groups in total. The highest BCUT2D eigenvalue weighted by Gasteiger charge is 2.29. The van der Waals surface area contributed by atoms with E-state index in [0.717, 1.165) is 5.56 Å². The first-order valence-electron chi connectivity index (χ1n) is 5.60. The SMILES string of the molecule is CC(c1ccsc1)C(C(=O)O)c1ccccc1Cl. The molecule has 0 radical (unpaired) electrons. The number of carboxylic acid groups (broad SMARTS) is 1. The lowest BCUT2D eigenvalue weighted by Gasteiger charge is -2.20. The van der Waals surface area contributed by atoms with Crippen LogP contribution in [0.5, 0.6) is 0 Å². The summed E-state index contributed by atoms with van der Waals surface area (Å²) in [5.74, 6) is -1.57. The van der Waals surface area contributed by atoms with E-state index in [4.69, 9.17) is 11.6 Å². The third kappa shape index (κ3) is 2.57. The monoisotopic (exact) mass is 280 g/mol. The Morgan fingerprint density at radius 3 is 2.61 bits per heavy atom. The van der Waals surface area contributed by atoms with E-state index in [2.05, 4.69) is 0 Å². The van der Waals surface area contributed by atoms with Gasteiger partial charge in [-0.15, -0.1) is 0 Å². The topological polar surface area (TPSA) is 37.3 Å². The van der Waals surface area contributed by atoms with E-state index < -0.39 is 11.9 Å². The predicted molar refractivity (Wildman–Crippen MR) is 74.6 cm³/mol. The van der Waals surface area contributed by atoms with Crippen molar-refractivity contribution in [1.82, 2.24) is 0 Å². The summed E-state index contributed by atoms with van der Waals surface area (Å²) >= 11 is 7.68. The van der Waals surface area contributed by atoms with E-state index in [1.165, 1.54) is 0 Å². The smallest absolute Gasteiger partial charge is 0.311 e. The van der Waals surface area contributed by atoms with Gasteiger partial charge in [0.2, 0.25) is 0 Å². The molecule has 1 aromatic carbocycles. The first kappa shape index (κ1) is 13.1.